The van der Waals surface area contributed by atoms with Gasteiger partial charge in [0.05, 0.1) is 17.7 Å². The number of rotatable bonds is 5. The predicted octanol–water partition coefficient (Wildman–Crippen LogP) is 4.34. The fraction of sp³-hybridized carbons (Fsp3) is 0.381. The van der Waals surface area contributed by atoms with Crippen molar-refractivity contribution in [1.29, 1.82) is 0 Å². The highest BCUT2D eigenvalue weighted by molar-refractivity contribution is 6.05. The van der Waals surface area contributed by atoms with Crippen LogP contribution < -0.4 is 20.7 Å². The molecule has 0 saturated carbocycles. The van der Waals surface area contributed by atoms with E-state index in [1.807, 2.05) is 4.90 Å². The first-order valence-electron chi connectivity index (χ1n) is 9.56. The van der Waals surface area contributed by atoms with Crippen LogP contribution in [-0.4, -0.2) is 31.0 Å². The Morgan fingerprint density at radius 2 is 1.87 bits per heavy atom. The van der Waals surface area contributed by atoms with E-state index in [1.165, 1.54) is 13.2 Å². The van der Waals surface area contributed by atoms with Crippen LogP contribution in [0.5, 0.6) is 5.75 Å². The van der Waals surface area contributed by atoms with E-state index < -0.39 is 10.8 Å². The Kier molecular flexibility index (Phi) is 7.50. The third-order valence-corrected chi connectivity index (χ3v) is 5.13. The number of nitrogens with one attached hydrogen (secondary N) is 1. The van der Waals surface area contributed by atoms with Gasteiger partial charge >= 0.3 is 0 Å². The summed E-state index contributed by atoms with van der Waals surface area (Å²) in [5.41, 5.74) is 7.45. The highest BCUT2D eigenvalue weighted by atomic mass is 35.5. The molecule has 1 aliphatic rings. The predicted molar refractivity (Wildman–Crippen MR) is 121 cm³/mol. The molecule has 3 rings (SSSR count). The van der Waals surface area contributed by atoms with Gasteiger partial charge in [0.1, 0.15) is 11.4 Å². The number of anilines is 3. The molecule has 3 N–H and O–H groups in total. The zero-order valence-electron chi connectivity index (χ0n) is 17.3. The van der Waals surface area contributed by atoms with Crippen molar-refractivity contribution >= 4 is 41.1 Å². The van der Waals surface area contributed by atoms with Crippen LogP contribution in [0.2, 0.25) is 0 Å². The van der Waals surface area contributed by atoms with Crippen molar-refractivity contribution in [3.63, 3.8) is 0 Å². The molecule has 2 aromatic carbocycles. The van der Waals surface area contributed by atoms with Crippen LogP contribution >= 0.6 is 12.4 Å². The van der Waals surface area contributed by atoms with E-state index in [2.05, 4.69) is 19.2 Å². The van der Waals surface area contributed by atoms with Crippen LogP contribution in [0.4, 0.5) is 22.7 Å². The molecule has 2 unspecified atom stereocenters. The molecule has 0 radical (unpaired) electrons. The third-order valence-electron chi connectivity index (χ3n) is 5.13. The van der Waals surface area contributed by atoms with Crippen molar-refractivity contribution in [3.8, 4) is 5.75 Å². The minimum atomic E-state index is -0.440. The number of amides is 1. The van der Waals surface area contributed by atoms with Crippen LogP contribution in [0.15, 0.2) is 36.4 Å². The molecule has 1 heterocycles. The van der Waals surface area contributed by atoms with Crippen molar-refractivity contribution in [1.82, 2.24) is 0 Å². The number of ether oxygens (including phenoxy) is 1. The van der Waals surface area contributed by atoms with Crippen molar-refractivity contribution in [2.75, 3.05) is 36.1 Å². The molecule has 2 aromatic rings. The molecule has 1 aliphatic heterocycles. The normalized spacial score (nSPS) is 18.3. The Balaban J connectivity index is 0.00000320. The van der Waals surface area contributed by atoms with E-state index in [4.69, 9.17) is 10.5 Å². The highest BCUT2D eigenvalue weighted by Gasteiger charge is 2.28. The number of piperidine rings is 1. The molecular formula is C21H27ClN4O4. The van der Waals surface area contributed by atoms with Gasteiger partial charge in [0.2, 0.25) is 0 Å². The van der Waals surface area contributed by atoms with Gasteiger partial charge in [-0.2, -0.15) is 0 Å². The largest absolute Gasteiger partial charge is 0.495 e. The molecule has 1 amide bonds. The third kappa shape index (κ3) is 5.13. The summed E-state index contributed by atoms with van der Waals surface area (Å²) >= 11 is 0. The van der Waals surface area contributed by atoms with Gasteiger partial charge in [-0.15, -0.1) is 12.4 Å². The first-order chi connectivity index (χ1) is 13.8. The second-order valence-corrected chi connectivity index (χ2v) is 7.72. The van der Waals surface area contributed by atoms with Crippen molar-refractivity contribution < 1.29 is 14.5 Å². The lowest BCUT2D eigenvalue weighted by atomic mass is 9.91. The molecule has 1 fully saturated rings. The van der Waals surface area contributed by atoms with E-state index in [9.17, 15) is 14.9 Å². The van der Waals surface area contributed by atoms with Gasteiger partial charge in [0, 0.05) is 30.4 Å². The number of benzene rings is 2. The average Bonchev–Trinajstić information content (AvgIpc) is 2.66. The van der Waals surface area contributed by atoms with Crippen LogP contribution in [0.1, 0.15) is 30.6 Å². The zero-order valence-corrected chi connectivity index (χ0v) is 18.1. The molecule has 162 valence electrons. The summed E-state index contributed by atoms with van der Waals surface area (Å²) in [7, 11) is 1.51. The molecule has 0 spiro atoms. The Labute approximate surface area is 181 Å². The van der Waals surface area contributed by atoms with Gasteiger partial charge in [-0.3, -0.25) is 14.9 Å². The van der Waals surface area contributed by atoms with Crippen LogP contribution in [0.3, 0.4) is 0 Å². The monoisotopic (exact) mass is 434 g/mol. The van der Waals surface area contributed by atoms with E-state index in [-0.39, 0.29) is 23.7 Å². The number of nitro benzene ring substituents is 1. The Morgan fingerprint density at radius 1 is 1.20 bits per heavy atom. The Bertz CT molecular complexity index is 927. The lowest BCUT2D eigenvalue weighted by Crippen LogP contribution is -2.39. The van der Waals surface area contributed by atoms with Crippen LogP contribution in [-0.2, 0) is 0 Å². The van der Waals surface area contributed by atoms with Crippen LogP contribution in [0, 0.1) is 22.0 Å². The van der Waals surface area contributed by atoms with Gasteiger partial charge in [0.15, 0.2) is 0 Å². The first-order valence-corrected chi connectivity index (χ1v) is 9.56. The quantitative estimate of drug-likeness (QED) is 0.411. The summed E-state index contributed by atoms with van der Waals surface area (Å²) in [5, 5.41) is 14.4. The smallest absolute Gasteiger partial charge is 0.293 e. The lowest BCUT2D eigenvalue weighted by Gasteiger charge is -2.36. The van der Waals surface area contributed by atoms with E-state index in [0.29, 0.717) is 34.6 Å². The van der Waals surface area contributed by atoms with Gasteiger partial charge in [-0.1, -0.05) is 13.8 Å². The number of carbonyl (C=O) groups is 1. The van der Waals surface area contributed by atoms with E-state index >= 15 is 0 Å². The maximum Gasteiger partial charge on any atom is 0.293 e. The second kappa shape index (κ2) is 9.67. The summed E-state index contributed by atoms with van der Waals surface area (Å²) in [4.78, 5) is 25.9. The van der Waals surface area contributed by atoms with Crippen LogP contribution in [0.25, 0.3) is 0 Å². The maximum absolute atomic E-state index is 12.6. The molecule has 0 bridgehead atoms. The molecule has 30 heavy (non-hydrogen) atoms. The highest BCUT2D eigenvalue weighted by Crippen LogP contribution is 2.34. The first kappa shape index (κ1) is 23.3. The minimum absolute atomic E-state index is 0. The molecule has 0 aromatic heterocycles. The second-order valence-electron chi connectivity index (χ2n) is 7.72. The summed E-state index contributed by atoms with van der Waals surface area (Å²) < 4.78 is 5.10. The van der Waals surface area contributed by atoms with Gasteiger partial charge < -0.3 is 20.7 Å². The average molecular weight is 435 g/mol. The fourth-order valence-corrected chi connectivity index (χ4v) is 3.95. The number of nitrogens with zero attached hydrogens (tertiary/aromatic N) is 2. The number of nitrogens with two attached hydrogens (primary N) is 1. The molecule has 9 heteroatoms. The van der Waals surface area contributed by atoms with E-state index in [0.717, 1.165) is 19.5 Å². The number of carbonyl (C=O) groups excluding carboxylic acids is 1. The number of nitro groups is 1. The van der Waals surface area contributed by atoms with E-state index in [1.54, 1.807) is 30.3 Å². The van der Waals surface area contributed by atoms with Crippen molar-refractivity contribution in [3.05, 3.63) is 52.1 Å². The number of methoxy groups -OCH3 is 1. The Hall–Kier alpha value is -3.00. The van der Waals surface area contributed by atoms with Crippen molar-refractivity contribution in [2.24, 2.45) is 11.8 Å². The molecular weight excluding hydrogens is 408 g/mol. The maximum atomic E-state index is 12.6. The molecule has 2 atom stereocenters. The molecule has 0 aliphatic carbocycles. The SMILES string of the molecule is COc1ccc(NC(=O)c2ccc(N3CC(C)CC(C)C3)c([N+](=O)[O-])c2)cc1N.Cl. The van der Waals surface area contributed by atoms with Crippen molar-refractivity contribution in [2.45, 2.75) is 20.3 Å². The summed E-state index contributed by atoms with van der Waals surface area (Å²) in [6, 6.07) is 9.51. The molecule has 1 saturated heterocycles. The summed E-state index contributed by atoms with van der Waals surface area (Å²) in [6.45, 7) is 5.83. The standard InChI is InChI=1S/C21H26N4O4.ClH/c1-13-8-14(2)12-24(11-13)18-6-4-15(9-19(18)25(27)28)21(26)23-16-5-7-20(29-3)17(22)10-16;/h4-7,9-10,13-14H,8,11-12,22H2,1-3H3,(H,23,26);1H. The van der Waals surface area contributed by atoms with Gasteiger partial charge in [-0.25, -0.2) is 0 Å². The summed E-state index contributed by atoms with van der Waals surface area (Å²) in [5.74, 6) is 0.987. The number of nitrogen functional groups attached to an aromatic ring is 1. The zero-order chi connectivity index (χ0) is 21.1. The minimum Gasteiger partial charge on any atom is -0.495 e. The fourth-order valence-electron chi connectivity index (χ4n) is 3.95. The summed E-state index contributed by atoms with van der Waals surface area (Å²) in [6.07, 6.45) is 1.11. The Morgan fingerprint density at radius 3 is 2.43 bits per heavy atom. The van der Waals surface area contributed by atoms with Gasteiger partial charge in [-0.05, 0) is 48.6 Å². The number of hydrogen-bond donors (Lipinski definition) is 2. The van der Waals surface area contributed by atoms with Gasteiger partial charge in [0.25, 0.3) is 11.6 Å². The lowest BCUT2D eigenvalue weighted by molar-refractivity contribution is -0.384. The molecule has 8 nitrogen and oxygen atoms in total. The topological polar surface area (TPSA) is 111 Å². The number of hydrogen-bond acceptors (Lipinski definition) is 6. The number of halogens is 1.